The first-order valence-electron chi connectivity index (χ1n) is 4.20. The van der Waals surface area contributed by atoms with Crippen LogP contribution in [0.2, 0.25) is 0 Å². The monoisotopic (exact) mass is 255 g/mol. The highest BCUT2D eigenvalue weighted by atomic mass is 19.4. The smallest absolute Gasteiger partial charge is 0.433 e. The summed E-state index contributed by atoms with van der Waals surface area (Å²) in [5.41, 5.74) is -3.78. The number of aromatic nitrogens is 1. The molecule has 0 fully saturated rings. The van der Waals surface area contributed by atoms with Gasteiger partial charge in [-0.1, -0.05) is 0 Å². The van der Waals surface area contributed by atoms with Crippen molar-refractivity contribution in [3.05, 3.63) is 23.0 Å². The van der Waals surface area contributed by atoms with E-state index in [1.165, 1.54) is 0 Å². The van der Waals surface area contributed by atoms with Crippen molar-refractivity contribution in [1.29, 1.82) is 0 Å². The standard InChI is InChI=1S/C9H6F5NO2/c1-17-6-2-4(8(10)11)7(9(12,13)14)15-5(6)3-16/h2-3,8H,1H3. The first-order chi connectivity index (χ1) is 7.81. The molecule has 1 rings (SSSR count). The number of nitrogens with zero attached hydrogens (tertiary/aromatic N) is 1. The molecule has 0 aliphatic heterocycles. The van der Waals surface area contributed by atoms with Gasteiger partial charge in [-0.3, -0.25) is 4.79 Å². The Labute approximate surface area is 92.2 Å². The van der Waals surface area contributed by atoms with Crippen molar-refractivity contribution in [2.24, 2.45) is 0 Å². The van der Waals surface area contributed by atoms with Crippen LogP contribution in [0.15, 0.2) is 6.07 Å². The molecule has 1 aromatic heterocycles. The topological polar surface area (TPSA) is 39.2 Å². The molecule has 0 amide bonds. The predicted molar refractivity (Wildman–Crippen MR) is 46.1 cm³/mol. The normalized spacial score (nSPS) is 11.7. The number of methoxy groups -OCH3 is 1. The average Bonchev–Trinajstić information content (AvgIpc) is 2.25. The summed E-state index contributed by atoms with van der Waals surface area (Å²) < 4.78 is 66.6. The number of carbonyl (C=O) groups excluding carboxylic acids is 1. The highest BCUT2D eigenvalue weighted by molar-refractivity contribution is 5.76. The van der Waals surface area contributed by atoms with Gasteiger partial charge in [-0.25, -0.2) is 13.8 Å². The van der Waals surface area contributed by atoms with E-state index in [0.717, 1.165) is 7.11 Å². The van der Waals surface area contributed by atoms with Crippen LogP contribution in [0.3, 0.4) is 0 Å². The van der Waals surface area contributed by atoms with Crippen LogP contribution < -0.4 is 4.74 Å². The Morgan fingerprint density at radius 2 is 2.00 bits per heavy atom. The molecule has 0 radical (unpaired) electrons. The minimum Gasteiger partial charge on any atom is -0.494 e. The Kier molecular flexibility index (Phi) is 3.64. The van der Waals surface area contributed by atoms with Crippen molar-refractivity contribution in [1.82, 2.24) is 4.98 Å². The van der Waals surface area contributed by atoms with E-state index >= 15 is 0 Å². The van der Waals surface area contributed by atoms with Crippen LogP contribution in [0.25, 0.3) is 0 Å². The van der Waals surface area contributed by atoms with Gasteiger partial charge in [0.25, 0.3) is 6.43 Å². The van der Waals surface area contributed by atoms with Crippen molar-refractivity contribution < 1.29 is 31.5 Å². The minimum absolute atomic E-state index is 0.00330. The molecule has 1 heterocycles. The van der Waals surface area contributed by atoms with Crippen molar-refractivity contribution >= 4 is 6.29 Å². The van der Waals surface area contributed by atoms with E-state index in [9.17, 15) is 26.7 Å². The van der Waals surface area contributed by atoms with Crippen LogP contribution in [-0.4, -0.2) is 18.4 Å². The lowest BCUT2D eigenvalue weighted by Crippen LogP contribution is -2.14. The van der Waals surface area contributed by atoms with E-state index in [1.54, 1.807) is 0 Å². The summed E-state index contributed by atoms with van der Waals surface area (Å²) in [7, 11) is 1.03. The van der Waals surface area contributed by atoms with Gasteiger partial charge in [-0.2, -0.15) is 13.2 Å². The number of pyridine rings is 1. The van der Waals surface area contributed by atoms with Gasteiger partial charge in [0.05, 0.1) is 12.7 Å². The fourth-order valence-corrected chi connectivity index (χ4v) is 1.16. The van der Waals surface area contributed by atoms with E-state index < -0.39 is 35.3 Å². The summed E-state index contributed by atoms with van der Waals surface area (Å²) >= 11 is 0. The summed E-state index contributed by atoms with van der Waals surface area (Å²) in [5.74, 6) is -0.428. The number of carbonyl (C=O) groups is 1. The number of halogens is 5. The highest BCUT2D eigenvalue weighted by Crippen LogP contribution is 2.37. The quantitative estimate of drug-likeness (QED) is 0.615. The summed E-state index contributed by atoms with van der Waals surface area (Å²) in [6, 6.07) is 0.463. The van der Waals surface area contributed by atoms with Crippen molar-refractivity contribution in [2.45, 2.75) is 12.6 Å². The number of alkyl halides is 5. The zero-order valence-electron chi connectivity index (χ0n) is 8.39. The third-order valence-corrected chi connectivity index (χ3v) is 1.88. The van der Waals surface area contributed by atoms with Gasteiger partial charge in [0.15, 0.2) is 12.0 Å². The molecule has 0 aliphatic rings. The second-order valence-electron chi connectivity index (χ2n) is 2.93. The lowest BCUT2D eigenvalue weighted by Gasteiger charge is -2.13. The Bertz CT molecular complexity index is 430. The van der Waals surface area contributed by atoms with Crippen molar-refractivity contribution in [2.75, 3.05) is 7.11 Å². The van der Waals surface area contributed by atoms with E-state index in [4.69, 9.17) is 0 Å². The first kappa shape index (κ1) is 13.3. The molecule has 0 N–H and O–H groups in total. The molecule has 0 saturated heterocycles. The molecule has 0 aliphatic carbocycles. The van der Waals surface area contributed by atoms with Gasteiger partial charge in [0.2, 0.25) is 0 Å². The molecule has 17 heavy (non-hydrogen) atoms. The number of rotatable bonds is 3. The largest absolute Gasteiger partial charge is 0.494 e. The number of hydrogen-bond acceptors (Lipinski definition) is 3. The van der Waals surface area contributed by atoms with Crippen molar-refractivity contribution in [3.8, 4) is 5.75 Å². The second-order valence-corrected chi connectivity index (χ2v) is 2.93. The van der Waals surface area contributed by atoms with Gasteiger partial charge >= 0.3 is 6.18 Å². The Balaban J connectivity index is 3.51. The van der Waals surface area contributed by atoms with Crippen LogP contribution in [0.5, 0.6) is 5.75 Å². The lowest BCUT2D eigenvalue weighted by molar-refractivity contribution is -0.143. The first-order valence-corrected chi connectivity index (χ1v) is 4.20. The number of aldehydes is 1. The van der Waals surface area contributed by atoms with Crippen LogP contribution in [-0.2, 0) is 6.18 Å². The summed E-state index contributed by atoms with van der Waals surface area (Å²) in [6.07, 6.45) is -8.42. The molecule has 3 nitrogen and oxygen atoms in total. The summed E-state index contributed by atoms with van der Waals surface area (Å²) in [4.78, 5) is 13.3. The molecular formula is C9H6F5NO2. The maximum absolute atomic E-state index is 12.4. The Morgan fingerprint density at radius 3 is 2.35 bits per heavy atom. The van der Waals surface area contributed by atoms with Crippen LogP contribution in [0, 0.1) is 0 Å². The molecule has 0 unspecified atom stereocenters. The second kappa shape index (κ2) is 4.64. The molecule has 0 aromatic carbocycles. The third kappa shape index (κ3) is 2.69. The van der Waals surface area contributed by atoms with Gasteiger partial charge in [-0.15, -0.1) is 0 Å². The van der Waals surface area contributed by atoms with Crippen LogP contribution >= 0.6 is 0 Å². The maximum atomic E-state index is 12.4. The molecular weight excluding hydrogens is 249 g/mol. The SMILES string of the molecule is COc1cc(C(F)F)c(C(F)(F)F)nc1C=O. The van der Waals surface area contributed by atoms with Crippen LogP contribution in [0.4, 0.5) is 22.0 Å². The summed E-state index contributed by atoms with van der Waals surface area (Å²) in [6.45, 7) is 0. The fourth-order valence-electron chi connectivity index (χ4n) is 1.16. The van der Waals surface area contributed by atoms with E-state index in [-0.39, 0.29) is 6.29 Å². The van der Waals surface area contributed by atoms with Gasteiger partial charge in [-0.05, 0) is 6.07 Å². The number of hydrogen-bond donors (Lipinski definition) is 0. The van der Waals surface area contributed by atoms with Gasteiger partial charge in [0, 0.05) is 0 Å². The third-order valence-electron chi connectivity index (χ3n) is 1.88. The van der Waals surface area contributed by atoms with Gasteiger partial charge < -0.3 is 4.74 Å². The predicted octanol–water partition coefficient (Wildman–Crippen LogP) is 2.86. The summed E-state index contributed by atoms with van der Waals surface area (Å²) in [5, 5.41) is 0. The molecule has 0 saturated carbocycles. The zero-order chi connectivity index (χ0) is 13.2. The molecule has 94 valence electrons. The van der Waals surface area contributed by atoms with Gasteiger partial charge in [0.1, 0.15) is 11.4 Å². The Morgan fingerprint density at radius 1 is 1.41 bits per heavy atom. The molecule has 1 aromatic rings. The lowest BCUT2D eigenvalue weighted by atomic mass is 10.1. The number of ether oxygens (including phenoxy) is 1. The van der Waals surface area contributed by atoms with E-state index in [2.05, 4.69) is 9.72 Å². The maximum Gasteiger partial charge on any atom is 0.433 e. The fraction of sp³-hybridized carbons (Fsp3) is 0.333. The minimum atomic E-state index is -5.06. The van der Waals surface area contributed by atoms with E-state index in [0.29, 0.717) is 6.07 Å². The Hall–Kier alpha value is -1.73. The van der Waals surface area contributed by atoms with E-state index in [1.807, 2.05) is 0 Å². The van der Waals surface area contributed by atoms with Crippen LogP contribution in [0.1, 0.15) is 28.2 Å². The average molecular weight is 255 g/mol. The molecule has 8 heteroatoms. The molecule has 0 spiro atoms. The highest BCUT2D eigenvalue weighted by Gasteiger charge is 2.38. The molecule has 0 atom stereocenters. The molecule has 0 bridgehead atoms. The zero-order valence-corrected chi connectivity index (χ0v) is 8.39. The van der Waals surface area contributed by atoms with Crippen molar-refractivity contribution in [3.63, 3.8) is 0 Å².